The first-order chi connectivity index (χ1) is 9.71. The maximum Gasteiger partial charge on any atom is 0.0555 e. The molecule has 1 aromatic rings. The molecule has 0 spiro atoms. The van der Waals surface area contributed by atoms with E-state index >= 15 is 0 Å². The van der Waals surface area contributed by atoms with Gasteiger partial charge in [0.15, 0.2) is 0 Å². The Kier molecular flexibility index (Phi) is 8.02. The molecule has 0 aliphatic carbocycles. The van der Waals surface area contributed by atoms with Crippen molar-refractivity contribution >= 4 is 0 Å². The van der Waals surface area contributed by atoms with E-state index in [1.807, 2.05) is 0 Å². The second-order valence-corrected chi connectivity index (χ2v) is 5.28. The van der Waals surface area contributed by atoms with Crippen LogP contribution in [0.1, 0.15) is 51.2 Å². The van der Waals surface area contributed by atoms with E-state index in [4.69, 9.17) is 5.73 Å². The lowest BCUT2D eigenvalue weighted by Gasteiger charge is -2.28. The normalized spacial score (nSPS) is 12.1. The van der Waals surface area contributed by atoms with Crippen LogP contribution in [0.2, 0.25) is 0 Å². The molecule has 0 aliphatic heterocycles. The first-order valence-corrected chi connectivity index (χ1v) is 7.73. The lowest BCUT2D eigenvalue weighted by atomic mass is 10.1. The number of hydrogen-bond acceptors (Lipinski definition) is 2. The minimum atomic E-state index is 0.417. The Balaban J connectivity index is 2.67. The molecule has 1 atom stereocenters. The van der Waals surface area contributed by atoms with Crippen LogP contribution in [0.15, 0.2) is 24.3 Å². The van der Waals surface area contributed by atoms with E-state index in [9.17, 15) is 0 Å². The van der Waals surface area contributed by atoms with Gasteiger partial charge >= 0.3 is 0 Å². The summed E-state index contributed by atoms with van der Waals surface area (Å²) in [5.74, 6) is 5.95. The standard InChI is InChI=1S/C18H28N2/c1-4-6-14-20(16(3)5-2)15-18-11-9-17(10-12-18)8-7-13-19/h9-12,16H,4-6,13-15,19H2,1-3H3. The summed E-state index contributed by atoms with van der Waals surface area (Å²) in [6.07, 6.45) is 3.72. The summed E-state index contributed by atoms with van der Waals surface area (Å²) in [7, 11) is 0. The maximum atomic E-state index is 5.39. The van der Waals surface area contributed by atoms with Crippen molar-refractivity contribution < 1.29 is 0 Å². The number of rotatable bonds is 7. The summed E-state index contributed by atoms with van der Waals surface area (Å²) in [6, 6.07) is 9.18. The molecule has 0 amide bonds. The molecule has 0 radical (unpaired) electrons. The fraction of sp³-hybridized carbons (Fsp3) is 0.556. The van der Waals surface area contributed by atoms with Crippen LogP contribution in [0.3, 0.4) is 0 Å². The molecule has 0 heterocycles. The van der Waals surface area contributed by atoms with Gasteiger partial charge in [-0.25, -0.2) is 0 Å². The number of hydrogen-bond donors (Lipinski definition) is 1. The summed E-state index contributed by atoms with van der Waals surface area (Å²) in [5.41, 5.74) is 7.79. The zero-order valence-corrected chi connectivity index (χ0v) is 13.2. The summed E-state index contributed by atoms with van der Waals surface area (Å²) >= 11 is 0. The van der Waals surface area contributed by atoms with Gasteiger partial charge in [-0.3, -0.25) is 4.90 Å². The van der Waals surface area contributed by atoms with E-state index in [0.29, 0.717) is 12.6 Å². The van der Waals surface area contributed by atoms with Gasteiger partial charge in [-0.1, -0.05) is 44.2 Å². The molecule has 1 aromatic carbocycles. The second-order valence-electron chi connectivity index (χ2n) is 5.28. The molecule has 110 valence electrons. The Morgan fingerprint density at radius 1 is 1.20 bits per heavy atom. The van der Waals surface area contributed by atoms with E-state index < -0.39 is 0 Å². The predicted molar refractivity (Wildman–Crippen MR) is 87.4 cm³/mol. The molecular formula is C18H28N2. The van der Waals surface area contributed by atoms with Crippen LogP contribution in [-0.2, 0) is 6.54 Å². The molecule has 2 nitrogen and oxygen atoms in total. The Morgan fingerprint density at radius 3 is 2.45 bits per heavy atom. The third kappa shape index (κ3) is 5.77. The van der Waals surface area contributed by atoms with E-state index in [-0.39, 0.29) is 0 Å². The molecule has 0 saturated carbocycles. The van der Waals surface area contributed by atoms with Gasteiger partial charge in [0, 0.05) is 18.2 Å². The van der Waals surface area contributed by atoms with Gasteiger partial charge in [-0.2, -0.15) is 0 Å². The molecular weight excluding hydrogens is 244 g/mol. The van der Waals surface area contributed by atoms with Gasteiger partial charge in [0.2, 0.25) is 0 Å². The highest BCUT2D eigenvalue weighted by Gasteiger charge is 2.11. The van der Waals surface area contributed by atoms with Gasteiger partial charge in [0.25, 0.3) is 0 Å². The van der Waals surface area contributed by atoms with Crippen molar-refractivity contribution in [3.8, 4) is 11.8 Å². The summed E-state index contributed by atoms with van der Waals surface area (Å²) in [5, 5.41) is 0. The first-order valence-electron chi connectivity index (χ1n) is 7.73. The van der Waals surface area contributed by atoms with E-state index in [1.54, 1.807) is 0 Å². The molecule has 0 saturated heterocycles. The zero-order valence-electron chi connectivity index (χ0n) is 13.2. The van der Waals surface area contributed by atoms with Crippen LogP contribution in [0, 0.1) is 11.8 Å². The third-order valence-corrected chi connectivity index (χ3v) is 3.69. The van der Waals surface area contributed by atoms with Gasteiger partial charge in [0.05, 0.1) is 6.54 Å². The summed E-state index contributed by atoms with van der Waals surface area (Å²) < 4.78 is 0. The summed E-state index contributed by atoms with van der Waals surface area (Å²) in [4.78, 5) is 2.57. The highest BCUT2D eigenvalue weighted by Crippen LogP contribution is 2.12. The SMILES string of the molecule is CCCCN(Cc1ccc(C#CCN)cc1)C(C)CC. The Labute approximate surface area is 124 Å². The second kappa shape index (κ2) is 9.58. The van der Waals surface area contributed by atoms with Crippen LogP contribution in [0.25, 0.3) is 0 Å². The fourth-order valence-electron chi connectivity index (χ4n) is 2.16. The van der Waals surface area contributed by atoms with Crippen LogP contribution in [-0.4, -0.2) is 24.0 Å². The lowest BCUT2D eigenvalue weighted by Crippen LogP contribution is -2.33. The zero-order chi connectivity index (χ0) is 14.8. The Hall–Kier alpha value is -1.30. The number of nitrogens with zero attached hydrogens (tertiary/aromatic N) is 1. The molecule has 1 rings (SSSR count). The Morgan fingerprint density at radius 2 is 1.90 bits per heavy atom. The maximum absolute atomic E-state index is 5.39. The quantitative estimate of drug-likeness (QED) is 0.771. The minimum absolute atomic E-state index is 0.417. The first kappa shape index (κ1) is 16.8. The van der Waals surface area contributed by atoms with Gasteiger partial charge in [-0.15, -0.1) is 0 Å². The number of benzene rings is 1. The molecule has 0 fully saturated rings. The van der Waals surface area contributed by atoms with Crippen LogP contribution < -0.4 is 5.73 Å². The monoisotopic (exact) mass is 272 g/mol. The molecule has 0 aromatic heterocycles. The molecule has 2 N–H and O–H groups in total. The van der Waals surface area contributed by atoms with Crippen molar-refractivity contribution in [2.45, 2.75) is 52.6 Å². The highest BCUT2D eigenvalue weighted by atomic mass is 15.1. The third-order valence-electron chi connectivity index (χ3n) is 3.69. The van der Waals surface area contributed by atoms with Crippen LogP contribution in [0.4, 0.5) is 0 Å². The topological polar surface area (TPSA) is 29.3 Å². The van der Waals surface area contributed by atoms with E-state index in [1.165, 1.54) is 31.4 Å². The Bertz CT molecular complexity index is 425. The van der Waals surface area contributed by atoms with Crippen molar-refractivity contribution in [2.75, 3.05) is 13.1 Å². The number of unbranched alkanes of at least 4 members (excludes halogenated alkanes) is 1. The van der Waals surface area contributed by atoms with Crippen molar-refractivity contribution in [1.29, 1.82) is 0 Å². The number of nitrogens with two attached hydrogens (primary N) is 1. The smallest absolute Gasteiger partial charge is 0.0555 e. The molecule has 2 heteroatoms. The van der Waals surface area contributed by atoms with Crippen molar-refractivity contribution in [1.82, 2.24) is 4.90 Å². The van der Waals surface area contributed by atoms with Crippen molar-refractivity contribution in [2.24, 2.45) is 5.73 Å². The van der Waals surface area contributed by atoms with Gasteiger partial charge < -0.3 is 5.73 Å². The predicted octanol–water partition coefficient (Wildman–Crippen LogP) is 3.40. The fourth-order valence-corrected chi connectivity index (χ4v) is 2.16. The average molecular weight is 272 g/mol. The molecule has 1 unspecified atom stereocenters. The van der Waals surface area contributed by atoms with Gasteiger partial charge in [0.1, 0.15) is 0 Å². The minimum Gasteiger partial charge on any atom is -0.320 e. The van der Waals surface area contributed by atoms with E-state index in [2.05, 4.69) is 61.8 Å². The van der Waals surface area contributed by atoms with Crippen molar-refractivity contribution in [3.05, 3.63) is 35.4 Å². The van der Waals surface area contributed by atoms with Crippen LogP contribution >= 0.6 is 0 Å². The molecule has 0 bridgehead atoms. The van der Waals surface area contributed by atoms with Crippen LogP contribution in [0.5, 0.6) is 0 Å². The molecule has 0 aliphatic rings. The van der Waals surface area contributed by atoms with E-state index in [0.717, 1.165) is 12.1 Å². The highest BCUT2D eigenvalue weighted by molar-refractivity contribution is 5.36. The van der Waals surface area contributed by atoms with Crippen molar-refractivity contribution in [3.63, 3.8) is 0 Å². The lowest BCUT2D eigenvalue weighted by molar-refractivity contribution is 0.192. The van der Waals surface area contributed by atoms with Gasteiger partial charge in [-0.05, 0) is 44.0 Å². The summed E-state index contributed by atoms with van der Waals surface area (Å²) in [6.45, 7) is 9.45. The largest absolute Gasteiger partial charge is 0.320 e. The average Bonchev–Trinajstić information content (AvgIpc) is 2.49. The molecule has 20 heavy (non-hydrogen) atoms.